The molecule has 8 heteroatoms. The van der Waals surface area contributed by atoms with E-state index < -0.39 is 10.9 Å². The van der Waals surface area contributed by atoms with Gasteiger partial charge in [-0.2, -0.15) is 0 Å². The predicted octanol–water partition coefficient (Wildman–Crippen LogP) is 5.34. The third-order valence-electron chi connectivity index (χ3n) is 4.13. The van der Waals surface area contributed by atoms with E-state index in [1.807, 2.05) is 0 Å². The molecule has 0 radical (unpaired) electrons. The van der Waals surface area contributed by atoms with Crippen molar-refractivity contribution in [2.75, 3.05) is 14.2 Å². The number of para-hydroxylation sites is 1. The fourth-order valence-electron chi connectivity index (χ4n) is 2.73. The molecule has 0 heterocycles. The Morgan fingerprint density at radius 2 is 1.55 bits per heavy atom. The van der Waals surface area contributed by atoms with Crippen LogP contribution in [0.5, 0.6) is 23.0 Å². The van der Waals surface area contributed by atoms with Gasteiger partial charge in [-0.05, 0) is 30.3 Å². The van der Waals surface area contributed by atoms with Crippen molar-refractivity contribution in [1.82, 2.24) is 0 Å². The fraction of sp³-hybridized carbons (Fsp3) is 0.0870. The predicted molar refractivity (Wildman–Crippen MR) is 113 cm³/mol. The third-order valence-corrected chi connectivity index (χ3v) is 4.13. The summed E-state index contributed by atoms with van der Waals surface area (Å²) in [5.41, 5.74) is 0.684. The number of carbonyl (C=O) groups is 1. The van der Waals surface area contributed by atoms with Crippen LogP contribution in [0.15, 0.2) is 79.1 Å². The molecule has 8 nitrogen and oxygen atoms in total. The van der Waals surface area contributed by atoms with Crippen molar-refractivity contribution >= 4 is 17.2 Å². The summed E-state index contributed by atoms with van der Waals surface area (Å²) in [6, 6.07) is 19.6. The van der Waals surface area contributed by atoms with Crippen molar-refractivity contribution in [3.63, 3.8) is 0 Å². The van der Waals surface area contributed by atoms with Crippen LogP contribution < -0.4 is 9.47 Å². The number of nitrogens with zero attached hydrogens (tertiary/aromatic N) is 1. The lowest BCUT2D eigenvalue weighted by molar-refractivity contribution is -0.384. The summed E-state index contributed by atoms with van der Waals surface area (Å²) in [5.74, 6) is 1.24. The quantitative estimate of drug-likeness (QED) is 0.159. The van der Waals surface area contributed by atoms with Gasteiger partial charge >= 0.3 is 5.97 Å². The molecule has 0 saturated heterocycles. The molecular weight excluding hydrogens is 402 g/mol. The van der Waals surface area contributed by atoms with Gasteiger partial charge in [-0.1, -0.05) is 24.3 Å². The monoisotopic (exact) mass is 421 g/mol. The summed E-state index contributed by atoms with van der Waals surface area (Å²) < 4.78 is 21.6. The van der Waals surface area contributed by atoms with Gasteiger partial charge in [0.1, 0.15) is 28.6 Å². The summed E-state index contributed by atoms with van der Waals surface area (Å²) in [6.45, 7) is 0. The Morgan fingerprint density at radius 1 is 0.871 bits per heavy atom. The van der Waals surface area contributed by atoms with Gasteiger partial charge in [-0.25, -0.2) is 4.79 Å². The van der Waals surface area contributed by atoms with Gasteiger partial charge in [-0.3, -0.25) is 10.1 Å². The van der Waals surface area contributed by atoms with E-state index in [1.54, 1.807) is 48.5 Å². The zero-order chi connectivity index (χ0) is 22.2. The van der Waals surface area contributed by atoms with Gasteiger partial charge < -0.3 is 18.9 Å². The van der Waals surface area contributed by atoms with E-state index in [0.29, 0.717) is 28.6 Å². The molecule has 0 saturated carbocycles. The minimum Gasteiger partial charge on any atom is -0.503 e. The first kappa shape index (κ1) is 21.4. The highest BCUT2D eigenvalue weighted by Crippen LogP contribution is 2.33. The maximum absolute atomic E-state index is 12.1. The molecule has 0 bridgehead atoms. The third kappa shape index (κ3) is 5.39. The topological polar surface area (TPSA) is 97.1 Å². The summed E-state index contributed by atoms with van der Waals surface area (Å²) in [7, 11) is 2.72. The van der Waals surface area contributed by atoms with Crippen molar-refractivity contribution in [3.8, 4) is 23.0 Å². The Kier molecular flexibility index (Phi) is 6.85. The van der Waals surface area contributed by atoms with Crippen LogP contribution in [0.1, 0.15) is 5.56 Å². The highest BCUT2D eigenvalue weighted by atomic mass is 16.6. The lowest BCUT2D eigenvalue weighted by Gasteiger charge is -2.13. The van der Waals surface area contributed by atoms with Gasteiger partial charge in [0.2, 0.25) is 0 Å². The molecule has 3 rings (SSSR count). The van der Waals surface area contributed by atoms with Crippen LogP contribution in [0.4, 0.5) is 5.69 Å². The molecule has 0 amide bonds. The van der Waals surface area contributed by atoms with Crippen molar-refractivity contribution in [3.05, 3.63) is 94.7 Å². The van der Waals surface area contributed by atoms with Gasteiger partial charge in [0.25, 0.3) is 5.69 Å². The summed E-state index contributed by atoms with van der Waals surface area (Å²) in [4.78, 5) is 22.4. The average Bonchev–Trinajstić information content (AvgIpc) is 2.78. The highest BCUT2D eigenvalue weighted by Gasteiger charge is 2.18. The maximum Gasteiger partial charge on any atom is 0.341 e. The SMILES string of the molecule is COC=C(C(=O)OC)c1ccccc1Oc1cccc(Oc2ccc([N+](=O)[O-])cc2)c1. The average molecular weight is 421 g/mol. The largest absolute Gasteiger partial charge is 0.503 e. The first-order valence-electron chi connectivity index (χ1n) is 9.12. The molecule has 158 valence electrons. The number of ether oxygens (including phenoxy) is 4. The van der Waals surface area contributed by atoms with Crippen molar-refractivity contribution < 1.29 is 28.7 Å². The number of hydrogen-bond donors (Lipinski definition) is 0. The highest BCUT2D eigenvalue weighted by molar-refractivity contribution is 6.17. The van der Waals surface area contributed by atoms with Crippen molar-refractivity contribution in [2.24, 2.45) is 0 Å². The van der Waals surface area contributed by atoms with E-state index in [4.69, 9.17) is 18.9 Å². The lowest BCUT2D eigenvalue weighted by Crippen LogP contribution is -2.05. The first-order valence-corrected chi connectivity index (χ1v) is 9.12. The second-order valence-electron chi connectivity index (χ2n) is 6.18. The molecule has 3 aromatic carbocycles. The molecule has 0 aliphatic carbocycles. The van der Waals surface area contributed by atoms with Crippen LogP contribution in [0.2, 0.25) is 0 Å². The number of rotatable bonds is 8. The fourth-order valence-corrected chi connectivity index (χ4v) is 2.73. The Balaban J connectivity index is 1.84. The molecule has 0 fully saturated rings. The van der Waals surface area contributed by atoms with Crippen LogP contribution in [0, 0.1) is 10.1 Å². The molecule has 0 spiro atoms. The minimum atomic E-state index is -0.562. The second-order valence-corrected chi connectivity index (χ2v) is 6.18. The van der Waals surface area contributed by atoms with Gasteiger partial charge in [0.05, 0.1) is 25.4 Å². The Hall–Kier alpha value is -4.33. The van der Waals surface area contributed by atoms with Crippen LogP contribution in [0.25, 0.3) is 5.57 Å². The van der Waals surface area contributed by atoms with E-state index in [0.717, 1.165) is 0 Å². The second kappa shape index (κ2) is 9.93. The number of nitro groups is 1. The molecule has 0 atom stereocenters. The molecule has 31 heavy (non-hydrogen) atoms. The van der Waals surface area contributed by atoms with Gasteiger partial charge in [-0.15, -0.1) is 0 Å². The number of nitro benzene ring substituents is 1. The van der Waals surface area contributed by atoms with E-state index in [9.17, 15) is 14.9 Å². The number of hydrogen-bond acceptors (Lipinski definition) is 7. The number of carbonyl (C=O) groups excluding carboxylic acids is 1. The number of esters is 1. The Bertz CT molecular complexity index is 1110. The smallest absolute Gasteiger partial charge is 0.341 e. The first-order chi connectivity index (χ1) is 15.0. The van der Waals surface area contributed by atoms with Crippen LogP contribution in [0.3, 0.4) is 0 Å². The van der Waals surface area contributed by atoms with Crippen LogP contribution >= 0.6 is 0 Å². The Morgan fingerprint density at radius 3 is 2.19 bits per heavy atom. The van der Waals surface area contributed by atoms with E-state index in [-0.39, 0.29) is 11.3 Å². The van der Waals surface area contributed by atoms with Crippen LogP contribution in [-0.2, 0) is 14.3 Å². The molecule has 3 aromatic rings. The van der Waals surface area contributed by atoms with Crippen LogP contribution in [-0.4, -0.2) is 25.1 Å². The normalized spacial score (nSPS) is 10.8. The number of non-ortho nitro benzene ring substituents is 1. The minimum absolute atomic E-state index is 0.0217. The maximum atomic E-state index is 12.1. The van der Waals surface area contributed by atoms with Crippen molar-refractivity contribution in [2.45, 2.75) is 0 Å². The van der Waals surface area contributed by atoms with E-state index in [1.165, 1.54) is 44.7 Å². The zero-order valence-electron chi connectivity index (χ0n) is 16.8. The van der Waals surface area contributed by atoms with Gasteiger partial charge in [0.15, 0.2) is 0 Å². The van der Waals surface area contributed by atoms with Gasteiger partial charge in [0, 0.05) is 23.8 Å². The molecular formula is C23H19NO7. The Labute approximate surface area is 178 Å². The van der Waals surface area contributed by atoms with E-state index >= 15 is 0 Å². The lowest BCUT2D eigenvalue weighted by atomic mass is 10.1. The zero-order valence-corrected chi connectivity index (χ0v) is 16.8. The number of benzene rings is 3. The molecule has 0 aromatic heterocycles. The molecule has 0 N–H and O–H groups in total. The number of methoxy groups -OCH3 is 2. The van der Waals surface area contributed by atoms with E-state index in [2.05, 4.69) is 0 Å². The summed E-state index contributed by atoms with van der Waals surface area (Å²) in [6.07, 6.45) is 1.29. The summed E-state index contributed by atoms with van der Waals surface area (Å²) in [5, 5.41) is 10.8. The molecule has 0 unspecified atom stereocenters. The summed E-state index contributed by atoms with van der Waals surface area (Å²) >= 11 is 0. The standard InChI is InChI=1S/C23H19NO7/c1-28-15-21(23(25)29-2)20-8-3-4-9-22(20)31-19-7-5-6-18(14-19)30-17-12-10-16(11-13-17)24(26)27/h3-15H,1-2H3. The van der Waals surface area contributed by atoms with Crippen molar-refractivity contribution in [1.29, 1.82) is 0 Å². The molecule has 0 aliphatic rings. The molecule has 0 aliphatic heterocycles.